The molecule has 9 aromatic rings. The van der Waals surface area contributed by atoms with Crippen molar-refractivity contribution < 1.29 is 4.42 Å². The van der Waals surface area contributed by atoms with E-state index in [1.54, 1.807) is 0 Å². The predicted octanol–water partition coefficient (Wildman–Crippen LogP) is 10.1. The van der Waals surface area contributed by atoms with Crippen LogP contribution in [0.1, 0.15) is 0 Å². The van der Waals surface area contributed by atoms with Gasteiger partial charge in [-0.3, -0.25) is 4.40 Å². The third-order valence-electron chi connectivity index (χ3n) is 7.74. The predicted molar refractivity (Wildman–Crippen MR) is 157 cm³/mol. The van der Waals surface area contributed by atoms with Crippen molar-refractivity contribution in [2.45, 2.75) is 0 Å². The van der Waals surface area contributed by atoms with E-state index >= 15 is 0 Å². The topological polar surface area (TPSA) is 17.6 Å². The summed E-state index contributed by atoms with van der Waals surface area (Å²) in [5.74, 6) is 0. The third-order valence-corrected chi connectivity index (χ3v) is 8.91. The zero-order chi connectivity index (χ0) is 24.1. The van der Waals surface area contributed by atoms with E-state index in [1.807, 2.05) is 23.5 Å². The van der Waals surface area contributed by atoms with E-state index in [0.29, 0.717) is 0 Å². The van der Waals surface area contributed by atoms with Crippen molar-refractivity contribution in [3.8, 4) is 21.6 Å². The van der Waals surface area contributed by atoms with Crippen LogP contribution < -0.4 is 0 Å². The first kappa shape index (κ1) is 19.6. The summed E-state index contributed by atoms with van der Waals surface area (Å²) < 4.78 is 8.58. The standard InChI is InChI=1S/C34H19NOS/c1-2-8-20(9-3-1)32-19-28-27-18-22(21-14-15-31-25(16-21)24-11-5-7-13-30(24)36-31)17-26-23-10-4-6-12-29(23)35(33(26)27)34(28)37-32/h1-19H. The van der Waals surface area contributed by atoms with Gasteiger partial charge in [-0.05, 0) is 59.2 Å². The molecular weight excluding hydrogens is 470 g/mol. The zero-order valence-electron chi connectivity index (χ0n) is 19.7. The number of hydrogen-bond donors (Lipinski definition) is 0. The molecule has 0 saturated heterocycles. The number of nitrogens with zero attached hydrogens (tertiary/aromatic N) is 1. The molecule has 0 atom stereocenters. The van der Waals surface area contributed by atoms with E-state index in [0.717, 1.165) is 21.9 Å². The van der Waals surface area contributed by atoms with Crippen LogP contribution in [0.4, 0.5) is 0 Å². The van der Waals surface area contributed by atoms with Gasteiger partial charge in [0, 0.05) is 37.2 Å². The van der Waals surface area contributed by atoms with Crippen LogP contribution in [-0.2, 0) is 0 Å². The first-order valence-corrected chi connectivity index (χ1v) is 13.3. The number of benzene rings is 5. The molecule has 0 spiro atoms. The minimum absolute atomic E-state index is 0.930. The maximum atomic E-state index is 6.10. The van der Waals surface area contributed by atoms with Gasteiger partial charge in [0.1, 0.15) is 16.0 Å². The lowest BCUT2D eigenvalue weighted by Gasteiger charge is -2.05. The lowest BCUT2D eigenvalue weighted by molar-refractivity contribution is 0.669. The highest BCUT2D eigenvalue weighted by molar-refractivity contribution is 7.22. The average molecular weight is 490 g/mol. The van der Waals surface area contributed by atoms with Crippen LogP contribution in [0.2, 0.25) is 0 Å². The Labute approximate surface area is 215 Å². The molecule has 0 saturated carbocycles. The summed E-state index contributed by atoms with van der Waals surface area (Å²) in [6.07, 6.45) is 0. The number of fused-ring (bicyclic) bond motifs is 9. The molecule has 0 unspecified atom stereocenters. The first-order valence-electron chi connectivity index (χ1n) is 12.5. The summed E-state index contributed by atoms with van der Waals surface area (Å²) in [7, 11) is 0. The van der Waals surface area contributed by atoms with Crippen molar-refractivity contribution >= 4 is 70.7 Å². The van der Waals surface area contributed by atoms with Crippen LogP contribution in [0.5, 0.6) is 0 Å². The van der Waals surface area contributed by atoms with E-state index in [4.69, 9.17) is 4.42 Å². The second kappa shape index (κ2) is 7.00. The van der Waals surface area contributed by atoms with Gasteiger partial charge in [-0.1, -0.05) is 72.8 Å². The molecule has 3 heteroatoms. The molecule has 0 aliphatic heterocycles. The van der Waals surface area contributed by atoms with Gasteiger partial charge >= 0.3 is 0 Å². The molecular formula is C34H19NOS. The van der Waals surface area contributed by atoms with Gasteiger partial charge in [-0.15, -0.1) is 11.3 Å². The highest BCUT2D eigenvalue weighted by Gasteiger charge is 2.21. The largest absolute Gasteiger partial charge is 0.456 e. The van der Waals surface area contributed by atoms with Crippen LogP contribution >= 0.6 is 11.3 Å². The summed E-state index contributed by atoms with van der Waals surface area (Å²) in [5.41, 5.74) is 8.17. The summed E-state index contributed by atoms with van der Waals surface area (Å²) in [6.45, 7) is 0. The molecule has 0 radical (unpaired) electrons. The molecule has 0 aliphatic rings. The number of furan rings is 1. The molecule has 0 fully saturated rings. The second-order valence-electron chi connectivity index (χ2n) is 9.78. The maximum absolute atomic E-state index is 6.10. The Morgan fingerprint density at radius 1 is 0.486 bits per heavy atom. The Morgan fingerprint density at radius 2 is 1.19 bits per heavy atom. The van der Waals surface area contributed by atoms with Crippen molar-refractivity contribution in [1.82, 2.24) is 4.40 Å². The third kappa shape index (κ3) is 2.59. The Hall–Kier alpha value is -4.60. The molecule has 172 valence electrons. The van der Waals surface area contributed by atoms with E-state index in [9.17, 15) is 0 Å². The molecule has 37 heavy (non-hydrogen) atoms. The quantitative estimate of drug-likeness (QED) is 0.236. The molecule has 5 aromatic carbocycles. The van der Waals surface area contributed by atoms with Crippen molar-refractivity contribution in [1.29, 1.82) is 0 Å². The molecule has 2 nitrogen and oxygen atoms in total. The maximum Gasteiger partial charge on any atom is 0.135 e. The SMILES string of the molecule is c1ccc(-c2cc3c4cc(-c5ccc6oc7ccccc7c6c5)cc5c6ccccc6n(c3s2)c54)cc1. The normalized spacial score (nSPS) is 12.3. The van der Waals surface area contributed by atoms with Crippen molar-refractivity contribution in [3.63, 3.8) is 0 Å². The fraction of sp³-hybridized carbons (Fsp3) is 0. The van der Waals surface area contributed by atoms with E-state index in [1.165, 1.54) is 59.0 Å². The summed E-state index contributed by atoms with van der Waals surface area (Å²) in [6, 6.07) is 41.5. The van der Waals surface area contributed by atoms with Crippen LogP contribution in [0, 0.1) is 0 Å². The van der Waals surface area contributed by atoms with Crippen LogP contribution in [0.3, 0.4) is 0 Å². The fourth-order valence-corrected chi connectivity index (χ4v) is 7.27. The van der Waals surface area contributed by atoms with Gasteiger partial charge in [-0.2, -0.15) is 0 Å². The smallest absolute Gasteiger partial charge is 0.135 e. The summed E-state index contributed by atoms with van der Waals surface area (Å²) >= 11 is 1.88. The van der Waals surface area contributed by atoms with Crippen molar-refractivity contribution in [3.05, 3.63) is 115 Å². The lowest BCUT2D eigenvalue weighted by atomic mass is 9.98. The fourth-order valence-electron chi connectivity index (χ4n) is 6.07. The van der Waals surface area contributed by atoms with Gasteiger partial charge in [0.15, 0.2) is 0 Å². The Morgan fingerprint density at radius 3 is 2.08 bits per heavy atom. The van der Waals surface area contributed by atoms with Gasteiger partial charge in [-0.25, -0.2) is 0 Å². The molecule has 0 aliphatic carbocycles. The van der Waals surface area contributed by atoms with Gasteiger partial charge < -0.3 is 4.42 Å². The monoisotopic (exact) mass is 489 g/mol. The van der Waals surface area contributed by atoms with Gasteiger partial charge in [0.2, 0.25) is 0 Å². The van der Waals surface area contributed by atoms with Crippen molar-refractivity contribution in [2.75, 3.05) is 0 Å². The molecule has 0 bridgehead atoms. The number of para-hydroxylation sites is 2. The molecule has 4 aromatic heterocycles. The second-order valence-corrected chi connectivity index (χ2v) is 10.8. The average Bonchev–Trinajstić information content (AvgIpc) is 3.69. The van der Waals surface area contributed by atoms with Crippen LogP contribution in [0.25, 0.3) is 80.9 Å². The van der Waals surface area contributed by atoms with E-state index in [-0.39, 0.29) is 0 Å². The molecule has 9 rings (SSSR count). The Balaban J connectivity index is 1.38. The van der Waals surface area contributed by atoms with Gasteiger partial charge in [0.05, 0.1) is 11.0 Å². The minimum Gasteiger partial charge on any atom is -0.456 e. The highest BCUT2D eigenvalue weighted by atomic mass is 32.1. The summed E-state index contributed by atoms with van der Waals surface area (Å²) in [4.78, 5) is 2.62. The Bertz CT molecular complexity index is 2300. The number of hydrogen-bond acceptors (Lipinski definition) is 2. The molecule has 4 heterocycles. The summed E-state index contributed by atoms with van der Waals surface area (Å²) in [5, 5.41) is 7.57. The van der Waals surface area contributed by atoms with Crippen LogP contribution in [0.15, 0.2) is 120 Å². The number of rotatable bonds is 2. The zero-order valence-corrected chi connectivity index (χ0v) is 20.5. The van der Waals surface area contributed by atoms with Gasteiger partial charge in [0.25, 0.3) is 0 Å². The first-order chi connectivity index (χ1) is 18.3. The lowest BCUT2D eigenvalue weighted by Crippen LogP contribution is -1.80. The Kier molecular flexibility index (Phi) is 3.70. The minimum atomic E-state index is 0.930. The highest BCUT2D eigenvalue weighted by Crippen LogP contribution is 2.46. The van der Waals surface area contributed by atoms with E-state index in [2.05, 4.69) is 108 Å². The molecule has 0 N–H and O–H groups in total. The van der Waals surface area contributed by atoms with Crippen molar-refractivity contribution in [2.24, 2.45) is 0 Å². The number of aromatic nitrogens is 1. The number of thiophene rings is 1. The molecule has 0 amide bonds. The van der Waals surface area contributed by atoms with Crippen LogP contribution in [-0.4, -0.2) is 4.40 Å². The van der Waals surface area contributed by atoms with E-state index < -0.39 is 0 Å².